The highest BCUT2D eigenvalue weighted by atomic mass is 16.5. The standard InChI is InChI=1S/C10H19NO3/c1-7(2)14-6-9-4-10(13)5-11(9)8(3)12/h7,9-10,13H,4-6H2,1-3H3/t9-,10-/m0/s1. The quantitative estimate of drug-likeness (QED) is 0.718. The van der Waals surface area contributed by atoms with E-state index < -0.39 is 0 Å². The number of rotatable bonds is 3. The molecular formula is C10H19NO3. The highest BCUT2D eigenvalue weighted by molar-refractivity contribution is 5.74. The molecule has 1 N–H and O–H groups in total. The van der Waals surface area contributed by atoms with Crippen LogP contribution in [0.25, 0.3) is 0 Å². The highest BCUT2D eigenvalue weighted by Gasteiger charge is 2.32. The highest BCUT2D eigenvalue weighted by Crippen LogP contribution is 2.18. The molecule has 1 fully saturated rings. The summed E-state index contributed by atoms with van der Waals surface area (Å²) in [6.45, 7) is 6.42. The molecule has 1 aliphatic rings. The number of amides is 1. The van der Waals surface area contributed by atoms with E-state index in [2.05, 4.69) is 0 Å². The van der Waals surface area contributed by atoms with E-state index in [9.17, 15) is 9.90 Å². The molecule has 14 heavy (non-hydrogen) atoms. The van der Waals surface area contributed by atoms with Crippen LogP contribution in [0.5, 0.6) is 0 Å². The first-order valence-corrected chi connectivity index (χ1v) is 5.07. The van der Waals surface area contributed by atoms with E-state index in [0.29, 0.717) is 19.6 Å². The molecule has 2 atom stereocenters. The molecule has 1 amide bonds. The zero-order chi connectivity index (χ0) is 10.7. The molecule has 0 aliphatic carbocycles. The average Bonchev–Trinajstić information content (AvgIpc) is 2.43. The molecule has 4 nitrogen and oxygen atoms in total. The lowest BCUT2D eigenvalue weighted by molar-refractivity contribution is -0.131. The molecular weight excluding hydrogens is 182 g/mol. The van der Waals surface area contributed by atoms with E-state index in [1.165, 1.54) is 6.92 Å². The Kier molecular flexibility index (Phi) is 3.89. The third kappa shape index (κ3) is 2.96. The van der Waals surface area contributed by atoms with Crippen LogP contribution in [0.15, 0.2) is 0 Å². The lowest BCUT2D eigenvalue weighted by Gasteiger charge is -2.23. The maximum absolute atomic E-state index is 11.2. The Labute approximate surface area is 84.8 Å². The van der Waals surface area contributed by atoms with Crippen LogP contribution in [0.2, 0.25) is 0 Å². The van der Waals surface area contributed by atoms with Gasteiger partial charge in [0.15, 0.2) is 0 Å². The normalized spacial score (nSPS) is 27.4. The Hall–Kier alpha value is -0.610. The predicted octanol–water partition coefficient (Wildman–Crippen LogP) is 0.393. The van der Waals surface area contributed by atoms with Crippen LogP contribution in [-0.4, -0.2) is 47.3 Å². The molecule has 0 aromatic heterocycles. The second kappa shape index (κ2) is 4.75. The summed E-state index contributed by atoms with van der Waals surface area (Å²) in [4.78, 5) is 12.9. The molecule has 0 aromatic rings. The van der Waals surface area contributed by atoms with Crippen LogP contribution < -0.4 is 0 Å². The number of hydrogen-bond donors (Lipinski definition) is 1. The molecule has 0 saturated carbocycles. The van der Waals surface area contributed by atoms with E-state index >= 15 is 0 Å². The second-order valence-corrected chi connectivity index (χ2v) is 4.10. The van der Waals surface area contributed by atoms with Crippen molar-refractivity contribution in [1.29, 1.82) is 0 Å². The SMILES string of the molecule is CC(=O)N1C[C@@H](O)C[C@H]1COC(C)C. The number of carbonyl (C=O) groups is 1. The predicted molar refractivity (Wildman–Crippen MR) is 52.9 cm³/mol. The van der Waals surface area contributed by atoms with E-state index in [-0.39, 0.29) is 24.2 Å². The number of ether oxygens (including phenoxy) is 1. The van der Waals surface area contributed by atoms with Gasteiger partial charge in [0.05, 0.1) is 24.9 Å². The van der Waals surface area contributed by atoms with Gasteiger partial charge in [-0.05, 0) is 20.3 Å². The number of carbonyl (C=O) groups excluding carboxylic acids is 1. The minimum absolute atomic E-state index is 0.0129. The van der Waals surface area contributed by atoms with Crippen molar-refractivity contribution < 1.29 is 14.6 Å². The summed E-state index contributed by atoms with van der Waals surface area (Å²) in [5.41, 5.74) is 0. The molecule has 1 rings (SSSR count). The van der Waals surface area contributed by atoms with Crippen molar-refractivity contribution in [3.63, 3.8) is 0 Å². The molecule has 1 saturated heterocycles. The Morgan fingerprint density at radius 2 is 2.29 bits per heavy atom. The van der Waals surface area contributed by atoms with Gasteiger partial charge in [-0.1, -0.05) is 0 Å². The first-order valence-electron chi connectivity index (χ1n) is 5.07. The lowest BCUT2D eigenvalue weighted by atomic mass is 10.2. The zero-order valence-electron chi connectivity index (χ0n) is 9.06. The molecule has 0 bridgehead atoms. The third-order valence-electron chi connectivity index (χ3n) is 2.42. The van der Waals surface area contributed by atoms with Gasteiger partial charge in [0.2, 0.25) is 5.91 Å². The monoisotopic (exact) mass is 201 g/mol. The molecule has 0 radical (unpaired) electrons. The molecule has 0 spiro atoms. The van der Waals surface area contributed by atoms with E-state index in [1.807, 2.05) is 13.8 Å². The topological polar surface area (TPSA) is 49.8 Å². The number of aliphatic hydroxyl groups is 1. The number of nitrogens with zero attached hydrogens (tertiary/aromatic N) is 1. The van der Waals surface area contributed by atoms with Gasteiger partial charge in [0, 0.05) is 13.5 Å². The Balaban J connectivity index is 2.45. The van der Waals surface area contributed by atoms with Gasteiger partial charge in [0.25, 0.3) is 0 Å². The summed E-state index contributed by atoms with van der Waals surface area (Å²) >= 11 is 0. The summed E-state index contributed by atoms with van der Waals surface area (Å²) < 4.78 is 5.45. The summed E-state index contributed by atoms with van der Waals surface area (Å²) in [5.74, 6) is 0.0129. The number of β-amino-alcohol motifs (C(OH)–C–C–N with tert-alkyl or cyclic N) is 1. The fourth-order valence-corrected chi connectivity index (χ4v) is 1.74. The largest absolute Gasteiger partial charge is 0.391 e. The van der Waals surface area contributed by atoms with Crippen molar-refractivity contribution in [2.75, 3.05) is 13.2 Å². The molecule has 82 valence electrons. The van der Waals surface area contributed by atoms with Crippen molar-refractivity contribution in [3.8, 4) is 0 Å². The first kappa shape index (κ1) is 11.5. The Morgan fingerprint density at radius 1 is 1.64 bits per heavy atom. The minimum Gasteiger partial charge on any atom is -0.391 e. The summed E-state index contributed by atoms with van der Waals surface area (Å²) in [6.07, 6.45) is 0.410. The smallest absolute Gasteiger partial charge is 0.219 e. The Bertz CT molecular complexity index is 206. The van der Waals surface area contributed by atoms with Gasteiger partial charge in [-0.2, -0.15) is 0 Å². The fraction of sp³-hybridized carbons (Fsp3) is 0.900. The van der Waals surface area contributed by atoms with Crippen LogP contribution >= 0.6 is 0 Å². The summed E-state index contributed by atoms with van der Waals surface area (Å²) in [5, 5.41) is 9.43. The average molecular weight is 201 g/mol. The number of hydrogen-bond acceptors (Lipinski definition) is 3. The van der Waals surface area contributed by atoms with Crippen LogP contribution in [0.1, 0.15) is 27.2 Å². The fourth-order valence-electron chi connectivity index (χ4n) is 1.74. The molecule has 0 aromatic carbocycles. The van der Waals surface area contributed by atoms with Crippen molar-refractivity contribution in [2.24, 2.45) is 0 Å². The zero-order valence-corrected chi connectivity index (χ0v) is 9.06. The van der Waals surface area contributed by atoms with Gasteiger partial charge >= 0.3 is 0 Å². The van der Waals surface area contributed by atoms with E-state index in [0.717, 1.165) is 0 Å². The van der Waals surface area contributed by atoms with Gasteiger partial charge in [0.1, 0.15) is 0 Å². The van der Waals surface area contributed by atoms with Crippen molar-refractivity contribution in [3.05, 3.63) is 0 Å². The second-order valence-electron chi connectivity index (χ2n) is 4.10. The number of likely N-dealkylation sites (tertiary alicyclic amines) is 1. The maximum atomic E-state index is 11.2. The summed E-state index contributed by atoms with van der Waals surface area (Å²) in [6, 6.07) is 0.0462. The molecule has 4 heteroatoms. The molecule has 1 aliphatic heterocycles. The third-order valence-corrected chi connectivity index (χ3v) is 2.42. The Morgan fingerprint density at radius 3 is 2.79 bits per heavy atom. The maximum Gasteiger partial charge on any atom is 0.219 e. The lowest BCUT2D eigenvalue weighted by Crippen LogP contribution is -2.37. The summed E-state index contributed by atoms with van der Waals surface area (Å²) in [7, 11) is 0. The van der Waals surface area contributed by atoms with Crippen LogP contribution in [0, 0.1) is 0 Å². The van der Waals surface area contributed by atoms with Crippen molar-refractivity contribution >= 4 is 5.91 Å². The van der Waals surface area contributed by atoms with Crippen LogP contribution in [-0.2, 0) is 9.53 Å². The van der Waals surface area contributed by atoms with Crippen LogP contribution in [0.3, 0.4) is 0 Å². The van der Waals surface area contributed by atoms with Crippen molar-refractivity contribution in [2.45, 2.75) is 45.4 Å². The van der Waals surface area contributed by atoms with Crippen LogP contribution in [0.4, 0.5) is 0 Å². The van der Waals surface area contributed by atoms with Gasteiger partial charge in [-0.3, -0.25) is 4.79 Å². The molecule has 1 heterocycles. The minimum atomic E-state index is -0.389. The van der Waals surface area contributed by atoms with E-state index in [4.69, 9.17) is 4.74 Å². The van der Waals surface area contributed by atoms with Gasteiger partial charge in [-0.25, -0.2) is 0 Å². The molecule has 0 unspecified atom stereocenters. The van der Waals surface area contributed by atoms with Gasteiger partial charge < -0.3 is 14.7 Å². The van der Waals surface area contributed by atoms with Gasteiger partial charge in [-0.15, -0.1) is 0 Å². The van der Waals surface area contributed by atoms with Crippen molar-refractivity contribution in [1.82, 2.24) is 4.90 Å². The van der Waals surface area contributed by atoms with E-state index in [1.54, 1.807) is 4.90 Å². The first-order chi connectivity index (χ1) is 6.50. The number of aliphatic hydroxyl groups excluding tert-OH is 1.